The fraction of sp³-hybridized carbons (Fsp3) is 0.565. The molecule has 0 bridgehead atoms. The van der Waals surface area contributed by atoms with Gasteiger partial charge in [0.25, 0.3) is 0 Å². The van der Waals surface area contributed by atoms with Gasteiger partial charge in [0.05, 0.1) is 12.5 Å². The van der Waals surface area contributed by atoms with E-state index in [9.17, 15) is 9.59 Å². The van der Waals surface area contributed by atoms with Crippen LogP contribution in [-0.2, 0) is 20.7 Å². The molecule has 2 aliphatic heterocycles. The monoisotopic (exact) mass is 367 g/mol. The summed E-state index contributed by atoms with van der Waals surface area (Å²) in [7, 11) is 0. The van der Waals surface area contributed by atoms with Gasteiger partial charge in [0.2, 0.25) is 0 Å². The molecule has 3 aliphatic rings. The van der Waals surface area contributed by atoms with E-state index < -0.39 is 0 Å². The van der Waals surface area contributed by atoms with Crippen LogP contribution in [0.25, 0.3) is 0 Å². The highest BCUT2D eigenvalue weighted by atomic mass is 16.5. The van der Waals surface area contributed by atoms with Crippen LogP contribution in [0.5, 0.6) is 0 Å². The van der Waals surface area contributed by atoms with Crippen molar-refractivity contribution in [2.24, 2.45) is 17.3 Å². The number of fused-ring (bicyclic) bond motifs is 3. The van der Waals surface area contributed by atoms with Crippen LogP contribution in [0.15, 0.2) is 42.1 Å². The fourth-order valence-corrected chi connectivity index (χ4v) is 5.44. The Morgan fingerprint density at radius 3 is 2.89 bits per heavy atom. The minimum Gasteiger partial charge on any atom is -0.465 e. The highest BCUT2D eigenvalue weighted by Gasteiger charge is 2.50. The van der Waals surface area contributed by atoms with E-state index in [1.54, 1.807) is 0 Å². The van der Waals surface area contributed by atoms with Crippen molar-refractivity contribution < 1.29 is 14.3 Å². The second-order valence-corrected chi connectivity index (χ2v) is 8.26. The molecule has 4 rings (SSSR count). The Bertz CT molecular complexity index is 741. The van der Waals surface area contributed by atoms with Gasteiger partial charge in [-0.25, -0.2) is 0 Å². The standard InChI is InChI=1S/C23H29NO3/c1-2-27-22(26)18-13-21-23(15-17-7-4-3-5-8-17)11-10-20(25)14-19(23)9-6-12-24(21)16-18/h3-5,7-8,13,18-19H,2,6,9-12,14-16H2,1H3/t18?,19-,23-/m0/s1. The van der Waals surface area contributed by atoms with E-state index >= 15 is 0 Å². The summed E-state index contributed by atoms with van der Waals surface area (Å²) in [4.78, 5) is 27.1. The van der Waals surface area contributed by atoms with Crippen molar-refractivity contribution in [1.29, 1.82) is 0 Å². The Kier molecular flexibility index (Phi) is 5.07. The Hall–Kier alpha value is -2.10. The number of rotatable bonds is 4. The van der Waals surface area contributed by atoms with Crippen LogP contribution >= 0.6 is 0 Å². The van der Waals surface area contributed by atoms with Gasteiger partial charge in [-0.05, 0) is 50.2 Å². The molecule has 2 fully saturated rings. The lowest BCUT2D eigenvalue weighted by molar-refractivity contribution is -0.146. The summed E-state index contributed by atoms with van der Waals surface area (Å²) in [6, 6.07) is 10.6. The van der Waals surface area contributed by atoms with Crippen molar-refractivity contribution in [2.75, 3.05) is 19.7 Å². The lowest BCUT2D eigenvalue weighted by Crippen LogP contribution is -2.42. The van der Waals surface area contributed by atoms with Gasteiger partial charge < -0.3 is 9.64 Å². The molecule has 144 valence electrons. The summed E-state index contributed by atoms with van der Waals surface area (Å²) in [6.07, 6.45) is 7.53. The van der Waals surface area contributed by atoms with Crippen molar-refractivity contribution >= 4 is 11.8 Å². The molecule has 4 heteroatoms. The molecule has 0 aromatic heterocycles. The molecule has 1 unspecified atom stereocenters. The molecule has 1 saturated carbocycles. The Morgan fingerprint density at radius 2 is 2.11 bits per heavy atom. The predicted octanol–water partition coefficient (Wildman–Crippen LogP) is 3.76. The summed E-state index contributed by atoms with van der Waals surface area (Å²) in [5, 5.41) is 0. The van der Waals surface area contributed by atoms with Crippen LogP contribution < -0.4 is 0 Å². The van der Waals surface area contributed by atoms with Gasteiger partial charge in [-0.15, -0.1) is 0 Å². The molecule has 1 aromatic rings. The molecule has 4 nitrogen and oxygen atoms in total. The number of Topliss-reactive ketones (excluding diaryl/α,β-unsaturated/α-hetero) is 1. The van der Waals surface area contributed by atoms with Crippen LogP contribution in [0.4, 0.5) is 0 Å². The first-order valence-electron chi connectivity index (χ1n) is 10.3. The van der Waals surface area contributed by atoms with Crippen molar-refractivity contribution in [3.8, 4) is 0 Å². The van der Waals surface area contributed by atoms with Gasteiger partial charge in [0, 0.05) is 37.0 Å². The number of hydrogen-bond acceptors (Lipinski definition) is 4. The third-order valence-corrected chi connectivity index (χ3v) is 6.66. The van der Waals surface area contributed by atoms with Crippen molar-refractivity contribution in [1.82, 2.24) is 4.90 Å². The third-order valence-electron chi connectivity index (χ3n) is 6.66. The SMILES string of the molecule is CCOC(=O)C1C=C2N(CCC[C@H]3CC(=O)CC[C@@]23Cc2ccccc2)C1. The molecular formula is C23H29NO3. The summed E-state index contributed by atoms with van der Waals surface area (Å²) in [5.41, 5.74) is 2.59. The highest BCUT2D eigenvalue weighted by molar-refractivity contribution is 5.80. The second kappa shape index (κ2) is 7.49. The molecule has 27 heavy (non-hydrogen) atoms. The molecule has 1 aromatic carbocycles. The van der Waals surface area contributed by atoms with E-state index in [-0.39, 0.29) is 17.3 Å². The molecule has 1 aliphatic carbocycles. The number of benzene rings is 1. The van der Waals surface area contributed by atoms with Crippen LogP contribution in [0, 0.1) is 17.3 Å². The second-order valence-electron chi connectivity index (χ2n) is 8.26. The van der Waals surface area contributed by atoms with E-state index in [0.29, 0.717) is 31.1 Å². The van der Waals surface area contributed by atoms with E-state index in [1.165, 1.54) is 11.3 Å². The zero-order chi connectivity index (χ0) is 18.9. The summed E-state index contributed by atoms with van der Waals surface area (Å²) in [5.74, 6) is 0.481. The van der Waals surface area contributed by atoms with E-state index in [0.717, 1.165) is 38.8 Å². The number of esters is 1. The van der Waals surface area contributed by atoms with Gasteiger partial charge in [0.1, 0.15) is 5.78 Å². The quantitative estimate of drug-likeness (QED) is 0.760. The molecule has 0 radical (unpaired) electrons. The number of allylic oxidation sites excluding steroid dienone is 1. The maximum atomic E-state index is 12.4. The molecule has 0 N–H and O–H groups in total. The first kappa shape index (κ1) is 18.3. The number of ether oxygens (including phenoxy) is 1. The number of hydrogen-bond donors (Lipinski definition) is 0. The normalized spacial score (nSPS) is 30.2. The lowest BCUT2D eigenvalue weighted by Gasteiger charge is -2.46. The van der Waals surface area contributed by atoms with Crippen LogP contribution in [0.2, 0.25) is 0 Å². The molecule has 0 amide bonds. The van der Waals surface area contributed by atoms with E-state index in [4.69, 9.17) is 4.74 Å². The maximum absolute atomic E-state index is 12.4. The average molecular weight is 367 g/mol. The van der Waals surface area contributed by atoms with E-state index in [1.807, 2.05) is 13.0 Å². The van der Waals surface area contributed by atoms with Gasteiger partial charge in [-0.1, -0.05) is 30.3 Å². The van der Waals surface area contributed by atoms with Crippen LogP contribution in [-0.4, -0.2) is 36.3 Å². The van der Waals surface area contributed by atoms with Crippen molar-refractivity contribution in [2.45, 2.75) is 45.4 Å². The van der Waals surface area contributed by atoms with E-state index in [2.05, 4.69) is 35.2 Å². The Morgan fingerprint density at radius 1 is 1.30 bits per heavy atom. The van der Waals surface area contributed by atoms with Crippen LogP contribution in [0.3, 0.4) is 0 Å². The van der Waals surface area contributed by atoms with Gasteiger partial charge in [0.15, 0.2) is 0 Å². The Balaban J connectivity index is 1.73. The minimum atomic E-state index is -0.177. The fourth-order valence-electron chi connectivity index (χ4n) is 5.44. The van der Waals surface area contributed by atoms with Crippen LogP contribution in [0.1, 0.15) is 44.6 Å². The average Bonchev–Trinajstić information content (AvgIpc) is 3.04. The number of ketones is 1. The summed E-state index contributed by atoms with van der Waals surface area (Å²) in [6.45, 7) is 3.98. The number of carbonyl (C=O) groups is 2. The molecule has 0 spiro atoms. The van der Waals surface area contributed by atoms with Gasteiger partial charge in [-0.3, -0.25) is 9.59 Å². The number of carbonyl (C=O) groups excluding carboxylic acids is 2. The third kappa shape index (κ3) is 3.42. The largest absolute Gasteiger partial charge is 0.465 e. The first-order chi connectivity index (χ1) is 13.1. The Labute approximate surface area is 161 Å². The minimum absolute atomic E-state index is 0.0347. The molecular weight excluding hydrogens is 338 g/mol. The van der Waals surface area contributed by atoms with Crippen molar-refractivity contribution in [3.63, 3.8) is 0 Å². The maximum Gasteiger partial charge on any atom is 0.314 e. The first-order valence-corrected chi connectivity index (χ1v) is 10.3. The molecule has 1 saturated heterocycles. The number of nitrogens with zero attached hydrogens (tertiary/aromatic N) is 1. The van der Waals surface area contributed by atoms with Gasteiger partial charge >= 0.3 is 5.97 Å². The topological polar surface area (TPSA) is 46.6 Å². The molecule has 2 heterocycles. The highest BCUT2D eigenvalue weighted by Crippen LogP contribution is 2.54. The predicted molar refractivity (Wildman–Crippen MR) is 104 cm³/mol. The molecule has 3 atom stereocenters. The lowest BCUT2D eigenvalue weighted by atomic mass is 9.60. The van der Waals surface area contributed by atoms with Crippen molar-refractivity contribution in [3.05, 3.63) is 47.7 Å². The summed E-state index contributed by atoms with van der Waals surface area (Å²) >= 11 is 0. The zero-order valence-electron chi connectivity index (χ0n) is 16.2. The van der Waals surface area contributed by atoms with Gasteiger partial charge in [-0.2, -0.15) is 0 Å². The summed E-state index contributed by atoms with van der Waals surface area (Å²) < 4.78 is 5.30. The zero-order valence-corrected chi connectivity index (χ0v) is 16.2. The smallest absolute Gasteiger partial charge is 0.314 e.